The fourth-order valence-corrected chi connectivity index (χ4v) is 2.76. The Kier molecular flexibility index (Phi) is 5.36. The molecule has 0 fully saturated rings. The summed E-state index contributed by atoms with van der Waals surface area (Å²) in [5.74, 6) is 0.676. The van der Waals surface area contributed by atoms with E-state index in [4.69, 9.17) is 12.2 Å². The summed E-state index contributed by atoms with van der Waals surface area (Å²) in [6, 6.07) is 16.4. The molecule has 0 saturated carbocycles. The predicted octanol–water partition coefficient (Wildman–Crippen LogP) is 4.75. The largest absolute Gasteiger partial charge is 0.350 e. The molecule has 19 heavy (non-hydrogen) atoms. The Bertz CT molecular complexity index is 526. The molecule has 0 heterocycles. The summed E-state index contributed by atoms with van der Waals surface area (Å²) in [6.07, 6.45) is 0.798. The third kappa shape index (κ3) is 5.01. The molecule has 0 atom stereocenters. The monoisotopic (exact) mass is 291 g/mol. The second kappa shape index (κ2) is 7.26. The van der Waals surface area contributed by atoms with Crippen LogP contribution in [0.3, 0.4) is 0 Å². The normalized spacial score (nSPS) is 10.2. The van der Waals surface area contributed by atoms with Crippen LogP contribution in [0.4, 0.5) is 10.1 Å². The maximum atomic E-state index is 12.7. The summed E-state index contributed by atoms with van der Waals surface area (Å²) >= 11 is 6.96. The lowest BCUT2D eigenvalue weighted by atomic mass is 10.3. The van der Waals surface area contributed by atoms with Crippen LogP contribution in [-0.2, 0) is 0 Å². The van der Waals surface area contributed by atoms with E-state index in [9.17, 15) is 4.39 Å². The first-order chi connectivity index (χ1) is 9.24. The lowest BCUT2D eigenvalue weighted by Gasteiger charge is -2.07. The zero-order chi connectivity index (χ0) is 13.5. The second-order valence-electron chi connectivity index (χ2n) is 3.97. The van der Waals surface area contributed by atoms with Crippen molar-refractivity contribution in [3.8, 4) is 0 Å². The Morgan fingerprint density at radius 2 is 1.74 bits per heavy atom. The van der Waals surface area contributed by atoms with Gasteiger partial charge in [-0.05, 0) is 36.4 Å². The van der Waals surface area contributed by atoms with E-state index in [-0.39, 0.29) is 5.82 Å². The molecule has 0 aliphatic heterocycles. The van der Waals surface area contributed by atoms with Crippen molar-refractivity contribution in [3.05, 3.63) is 60.4 Å². The number of halogens is 1. The van der Waals surface area contributed by atoms with Crippen LogP contribution in [0.1, 0.15) is 6.42 Å². The molecule has 0 aliphatic carbocycles. The van der Waals surface area contributed by atoms with Crippen molar-refractivity contribution >= 4 is 34.7 Å². The van der Waals surface area contributed by atoms with Gasteiger partial charge in [0.2, 0.25) is 0 Å². The first-order valence-electron chi connectivity index (χ1n) is 5.97. The van der Waals surface area contributed by atoms with Crippen LogP contribution in [-0.4, -0.2) is 10.7 Å². The molecule has 0 radical (unpaired) electrons. The van der Waals surface area contributed by atoms with Gasteiger partial charge < -0.3 is 5.32 Å². The summed E-state index contributed by atoms with van der Waals surface area (Å²) in [5.41, 5.74) is 1.01. The lowest BCUT2D eigenvalue weighted by molar-refractivity contribution is 0.626. The van der Waals surface area contributed by atoms with Gasteiger partial charge in [0, 0.05) is 22.8 Å². The highest BCUT2D eigenvalue weighted by atomic mass is 32.2. The quantitative estimate of drug-likeness (QED) is 0.631. The van der Waals surface area contributed by atoms with Crippen molar-refractivity contribution in [1.29, 1.82) is 0 Å². The van der Waals surface area contributed by atoms with Gasteiger partial charge in [-0.3, -0.25) is 0 Å². The fraction of sp³-hybridized carbons (Fsp3) is 0.133. The number of thiocarbonyl (C=S) groups is 1. The molecule has 1 nitrogen and oxygen atoms in total. The first-order valence-corrected chi connectivity index (χ1v) is 7.37. The first kappa shape index (κ1) is 14.0. The van der Waals surface area contributed by atoms with E-state index in [1.54, 1.807) is 23.9 Å². The Morgan fingerprint density at radius 1 is 1.05 bits per heavy atom. The number of benzene rings is 2. The Hall–Kier alpha value is -1.39. The van der Waals surface area contributed by atoms with Crippen molar-refractivity contribution < 1.29 is 4.39 Å². The van der Waals surface area contributed by atoms with E-state index >= 15 is 0 Å². The van der Waals surface area contributed by atoms with E-state index in [0.29, 0.717) is 0 Å². The Morgan fingerprint density at radius 3 is 2.42 bits per heavy atom. The third-order valence-corrected chi connectivity index (χ3v) is 3.79. The molecule has 98 valence electrons. The Balaban J connectivity index is 1.74. The van der Waals surface area contributed by atoms with Crippen molar-refractivity contribution in [2.45, 2.75) is 11.3 Å². The van der Waals surface area contributed by atoms with Crippen LogP contribution in [0.5, 0.6) is 0 Å². The molecular formula is C15H14FNS2. The molecule has 0 unspecified atom stereocenters. The molecule has 0 aliphatic rings. The maximum absolute atomic E-state index is 12.7. The van der Waals surface area contributed by atoms with E-state index < -0.39 is 0 Å². The van der Waals surface area contributed by atoms with Crippen molar-refractivity contribution in [2.24, 2.45) is 0 Å². The molecular weight excluding hydrogens is 277 g/mol. The Labute approximate surface area is 122 Å². The highest BCUT2D eigenvalue weighted by molar-refractivity contribution is 7.99. The second-order valence-corrected chi connectivity index (χ2v) is 5.63. The van der Waals surface area contributed by atoms with E-state index in [0.717, 1.165) is 27.7 Å². The standard InChI is InChI=1S/C15H14FNS2/c16-12-6-8-14(9-7-12)19-11-10-15(18)17-13-4-2-1-3-5-13/h1-9H,10-11H2,(H,17,18). The van der Waals surface area contributed by atoms with Gasteiger partial charge in [-0.15, -0.1) is 11.8 Å². The average Bonchev–Trinajstić information content (AvgIpc) is 2.42. The number of hydrogen-bond donors (Lipinski definition) is 1. The lowest BCUT2D eigenvalue weighted by Crippen LogP contribution is -2.09. The number of thioether (sulfide) groups is 1. The van der Waals surface area contributed by atoms with Crippen LogP contribution in [0.15, 0.2) is 59.5 Å². The molecule has 0 saturated heterocycles. The summed E-state index contributed by atoms with van der Waals surface area (Å²) in [6.45, 7) is 0. The summed E-state index contributed by atoms with van der Waals surface area (Å²) in [7, 11) is 0. The molecule has 2 aromatic carbocycles. The van der Waals surface area contributed by atoms with Gasteiger partial charge >= 0.3 is 0 Å². The molecule has 0 amide bonds. The smallest absolute Gasteiger partial charge is 0.123 e. The van der Waals surface area contributed by atoms with E-state index in [1.807, 2.05) is 30.3 Å². The number of rotatable bonds is 5. The zero-order valence-corrected chi connectivity index (χ0v) is 11.9. The molecule has 4 heteroatoms. The number of anilines is 1. The van der Waals surface area contributed by atoms with Crippen molar-refractivity contribution in [1.82, 2.24) is 0 Å². The number of nitrogens with one attached hydrogen (secondary N) is 1. The summed E-state index contributed by atoms with van der Waals surface area (Å²) < 4.78 is 12.7. The van der Waals surface area contributed by atoms with Gasteiger partial charge in [-0.1, -0.05) is 30.4 Å². The molecule has 2 aromatic rings. The van der Waals surface area contributed by atoms with Gasteiger partial charge in [-0.2, -0.15) is 0 Å². The molecule has 1 N–H and O–H groups in total. The van der Waals surface area contributed by atoms with Crippen LogP contribution in [0.25, 0.3) is 0 Å². The van der Waals surface area contributed by atoms with Gasteiger partial charge in [0.15, 0.2) is 0 Å². The zero-order valence-electron chi connectivity index (χ0n) is 10.3. The molecule has 0 aromatic heterocycles. The molecule has 0 spiro atoms. The highest BCUT2D eigenvalue weighted by Crippen LogP contribution is 2.19. The van der Waals surface area contributed by atoms with Crippen molar-refractivity contribution in [3.63, 3.8) is 0 Å². The fourth-order valence-electron chi connectivity index (χ4n) is 1.54. The molecule has 2 rings (SSSR count). The topological polar surface area (TPSA) is 12.0 Å². The van der Waals surface area contributed by atoms with Crippen LogP contribution >= 0.6 is 24.0 Å². The minimum absolute atomic E-state index is 0.203. The van der Waals surface area contributed by atoms with Crippen LogP contribution in [0, 0.1) is 5.82 Å². The van der Waals surface area contributed by atoms with Crippen LogP contribution in [0.2, 0.25) is 0 Å². The van der Waals surface area contributed by atoms with E-state index in [2.05, 4.69) is 5.32 Å². The summed E-state index contributed by atoms with van der Waals surface area (Å²) in [4.78, 5) is 1.88. The highest BCUT2D eigenvalue weighted by Gasteiger charge is 1.99. The SMILES string of the molecule is Fc1ccc(SCCC(=S)Nc2ccccc2)cc1. The van der Waals surface area contributed by atoms with Gasteiger partial charge in [0.05, 0.1) is 4.99 Å². The van der Waals surface area contributed by atoms with E-state index in [1.165, 1.54) is 12.1 Å². The maximum Gasteiger partial charge on any atom is 0.123 e. The van der Waals surface area contributed by atoms with Crippen LogP contribution < -0.4 is 5.32 Å². The number of hydrogen-bond acceptors (Lipinski definition) is 2. The summed E-state index contributed by atoms with van der Waals surface area (Å²) in [5, 5.41) is 3.20. The van der Waals surface area contributed by atoms with Gasteiger partial charge in [0.25, 0.3) is 0 Å². The minimum Gasteiger partial charge on any atom is -0.350 e. The average molecular weight is 291 g/mol. The van der Waals surface area contributed by atoms with Gasteiger partial charge in [-0.25, -0.2) is 4.39 Å². The predicted molar refractivity (Wildman–Crippen MR) is 84.4 cm³/mol. The minimum atomic E-state index is -0.203. The number of para-hydroxylation sites is 1. The third-order valence-electron chi connectivity index (χ3n) is 2.47. The molecule has 0 bridgehead atoms. The van der Waals surface area contributed by atoms with Crippen molar-refractivity contribution in [2.75, 3.05) is 11.1 Å². The van der Waals surface area contributed by atoms with Gasteiger partial charge in [0.1, 0.15) is 5.82 Å².